The van der Waals surface area contributed by atoms with E-state index in [2.05, 4.69) is 60.1 Å². The summed E-state index contributed by atoms with van der Waals surface area (Å²) in [7, 11) is 5.84. The smallest absolute Gasteiger partial charge is 0.181 e. The molecule has 4 rings (SSSR count). The first-order valence-electron chi connectivity index (χ1n) is 9.45. The Bertz CT molecular complexity index is 917. The molecule has 148 valence electrons. The fraction of sp³-hybridized carbons (Fsp3) is 0.364. The number of benzene rings is 2. The number of aromatic nitrogens is 3. The van der Waals surface area contributed by atoms with Crippen LogP contribution in [0.4, 0.5) is 0 Å². The van der Waals surface area contributed by atoms with E-state index in [1.54, 1.807) is 7.11 Å². The molecular formula is C22H27ClN4O. The molecule has 0 unspecified atom stereocenters. The monoisotopic (exact) mass is 398 g/mol. The number of methoxy groups -OCH3 is 1. The van der Waals surface area contributed by atoms with Crippen LogP contribution in [0.1, 0.15) is 18.4 Å². The summed E-state index contributed by atoms with van der Waals surface area (Å²) in [4.78, 5) is 7.07. The van der Waals surface area contributed by atoms with Crippen molar-refractivity contribution < 1.29 is 4.74 Å². The summed E-state index contributed by atoms with van der Waals surface area (Å²) in [6.45, 7) is 1.84. The first kappa shape index (κ1) is 20.4. The summed E-state index contributed by atoms with van der Waals surface area (Å²) in [6.07, 6.45) is 2.57. The number of hydrogen-bond donors (Lipinski definition) is 0. The van der Waals surface area contributed by atoms with Gasteiger partial charge in [0.25, 0.3) is 0 Å². The highest BCUT2D eigenvalue weighted by atomic mass is 35.5. The van der Waals surface area contributed by atoms with E-state index in [0.29, 0.717) is 0 Å². The van der Waals surface area contributed by atoms with Crippen molar-refractivity contribution in [3.8, 4) is 28.5 Å². The third kappa shape index (κ3) is 4.72. The summed E-state index contributed by atoms with van der Waals surface area (Å²) in [5, 5.41) is 4.86. The Morgan fingerprint density at radius 1 is 1.07 bits per heavy atom. The first-order valence-corrected chi connectivity index (χ1v) is 9.45. The second-order valence-corrected chi connectivity index (χ2v) is 7.55. The van der Waals surface area contributed by atoms with Gasteiger partial charge in [-0.05, 0) is 68.8 Å². The van der Waals surface area contributed by atoms with Crippen molar-refractivity contribution >= 4 is 12.4 Å². The molecule has 1 aliphatic rings. The molecular weight excluding hydrogens is 372 g/mol. The van der Waals surface area contributed by atoms with E-state index in [0.717, 1.165) is 47.5 Å². The minimum atomic E-state index is 0. The highest BCUT2D eigenvalue weighted by Crippen LogP contribution is 2.33. The molecule has 5 nitrogen and oxygen atoms in total. The van der Waals surface area contributed by atoms with E-state index in [1.807, 2.05) is 12.1 Å². The van der Waals surface area contributed by atoms with Gasteiger partial charge in [0, 0.05) is 24.2 Å². The van der Waals surface area contributed by atoms with Crippen LogP contribution in [0.15, 0.2) is 48.5 Å². The number of ether oxygens (including phenoxy) is 1. The minimum absolute atomic E-state index is 0. The number of hydrogen-bond acceptors (Lipinski definition) is 4. The van der Waals surface area contributed by atoms with Gasteiger partial charge >= 0.3 is 0 Å². The summed E-state index contributed by atoms with van der Waals surface area (Å²) >= 11 is 0. The highest BCUT2D eigenvalue weighted by molar-refractivity contribution is 5.85. The van der Waals surface area contributed by atoms with E-state index in [9.17, 15) is 0 Å². The zero-order valence-electron chi connectivity index (χ0n) is 16.6. The summed E-state index contributed by atoms with van der Waals surface area (Å²) < 4.78 is 7.36. The molecule has 0 amide bonds. The lowest BCUT2D eigenvalue weighted by molar-refractivity contribution is 0.402. The van der Waals surface area contributed by atoms with Crippen molar-refractivity contribution in [2.24, 2.45) is 5.92 Å². The standard InChI is InChI=1S/C22H26N4O.ClH/c1-25(2)14-17-5-4-6-19(13-17)21-23-22(26(24-21)15-16-7-8-16)18-9-11-20(27-3)12-10-18;/h4-6,9-13,16H,7-8,14-15H2,1-3H3;1H. The lowest BCUT2D eigenvalue weighted by Crippen LogP contribution is -2.10. The van der Waals surface area contributed by atoms with Crippen molar-refractivity contribution in [1.82, 2.24) is 19.7 Å². The van der Waals surface area contributed by atoms with Gasteiger partial charge in [0.2, 0.25) is 0 Å². The molecule has 0 spiro atoms. The van der Waals surface area contributed by atoms with Crippen LogP contribution >= 0.6 is 12.4 Å². The Balaban J connectivity index is 0.00000225. The molecule has 1 saturated carbocycles. The van der Waals surface area contributed by atoms with E-state index in [1.165, 1.54) is 18.4 Å². The molecule has 0 N–H and O–H groups in total. The predicted molar refractivity (Wildman–Crippen MR) is 115 cm³/mol. The minimum Gasteiger partial charge on any atom is -0.497 e. The number of halogens is 1. The SMILES string of the molecule is COc1ccc(-c2nc(-c3cccc(CN(C)C)c3)nn2CC2CC2)cc1.Cl. The van der Waals surface area contributed by atoms with Gasteiger partial charge in [0.05, 0.1) is 7.11 Å². The lowest BCUT2D eigenvalue weighted by Gasteiger charge is -2.09. The summed E-state index contributed by atoms with van der Waals surface area (Å²) in [6, 6.07) is 16.6. The fourth-order valence-corrected chi connectivity index (χ4v) is 3.26. The Labute approximate surface area is 172 Å². The zero-order chi connectivity index (χ0) is 18.8. The van der Waals surface area contributed by atoms with Crippen LogP contribution in [0.25, 0.3) is 22.8 Å². The quantitative estimate of drug-likeness (QED) is 0.587. The maximum atomic E-state index is 5.28. The topological polar surface area (TPSA) is 43.2 Å². The first-order chi connectivity index (χ1) is 13.1. The molecule has 6 heteroatoms. The average Bonchev–Trinajstić information content (AvgIpc) is 3.38. The fourth-order valence-electron chi connectivity index (χ4n) is 3.26. The molecule has 0 atom stereocenters. The van der Waals surface area contributed by atoms with Crippen LogP contribution in [-0.2, 0) is 13.1 Å². The molecule has 0 saturated heterocycles. The van der Waals surface area contributed by atoms with Crippen molar-refractivity contribution in [3.05, 3.63) is 54.1 Å². The molecule has 0 aliphatic heterocycles. The van der Waals surface area contributed by atoms with Gasteiger partial charge in [-0.1, -0.05) is 18.2 Å². The number of rotatable bonds is 7. The van der Waals surface area contributed by atoms with Crippen LogP contribution in [0, 0.1) is 5.92 Å². The Morgan fingerprint density at radius 3 is 2.46 bits per heavy atom. The molecule has 1 fully saturated rings. The van der Waals surface area contributed by atoms with Gasteiger partial charge in [0.15, 0.2) is 11.6 Å². The van der Waals surface area contributed by atoms with Gasteiger partial charge in [-0.15, -0.1) is 12.4 Å². The molecule has 1 heterocycles. The highest BCUT2D eigenvalue weighted by Gasteiger charge is 2.25. The van der Waals surface area contributed by atoms with E-state index in [-0.39, 0.29) is 12.4 Å². The second kappa shape index (κ2) is 8.76. The molecule has 1 aromatic heterocycles. The third-order valence-corrected chi connectivity index (χ3v) is 4.83. The van der Waals surface area contributed by atoms with E-state index < -0.39 is 0 Å². The van der Waals surface area contributed by atoms with Gasteiger partial charge in [-0.25, -0.2) is 9.67 Å². The maximum Gasteiger partial charge on any atom is 0.181 e. The molecule has 3 aromatic rings. The molecule has 0 radical (unpaired) electrons. The second-order valence-electron chi connectivity index (χ2n) is 7.55. The molecule has 28 heavy (non-hydrogen) atoms. The average molecular weight is 399 g/mol. The zero-order valence-corrected chi connectivity index (χ0v) is 17.4. The Kier molecular flexibility index (Phi) is 6.37. The van der Waals surface area contributed by atoms with E-state index in [4.69, 9.17) is 14.8 Å². The van der Waals surface area contributed by atoms with Crippen LogP contribution in [0.2, 0.25) is 0 Å². The van der Waals surface area contributed by atoms with Crippen molar-refractivity contribution in [1.29, 1.82) is 0 Å². The van der Waals surface area contributed by atoms with Crippen molar-refractivity contribution in [2.45, 2.75) is 25.9 Å². The van der Waals surface area contributed by atoms with Gasteiger partial charge in [0.1, 0.15) is 5.75 Å². The molecule has 1 aliphatic carbocycles. The van der Waals surface area contributed by atoms with Crippen LogP contribution < -0.4 is 4.74 Å². The van der Waals surface area contributed by atoms with Crippen molar-refractivity contribution in [3.63, 3.8) is 0 Å². The Hall–Kier alpha value is -2.37. The van der Waals surface area contributed by atoms with Gasteiger partial charge in [-0.3, -0.25) is 0 Å². The van der Waals surface area contributed by atoms with Crippen LogP contribution in [-0.4, -0.2) is 40.9 Å². The lowest BCUT2D eigenvalue weighted by atomic mass is 10.1. The van der Waals surface area contributed by atoms with Crippen molar-refractivity contribution in [2.75, 3.05) is 21.2 Å². The van der Waals surface area contributed by atoms with E-state index >= 15 is 0 Å². The van der Waals surface area contributed by atoms with Gasteiger partial charge in [-0.2, -0.15) is 5.10 Å². The Morgan fingerprint density at radius 2 is 1.82 bits per heavy atom. The summed E-state index contributed by atoms with van der Waals surface area (Å²) in [5.74, 6) is 3.31. The van der Waals surface area contributed by atoms with Crippen LogP contribution in [0.5, 0.6) is 5.75 Å². The third-order valence-electron chi connectivity index (χ3n) is 4.83. The number of nitrogens with zero attached hydrogens (tertiary/aromatic N) is 4. The molecule has 2 aromatic carbocycles. The maximum absolute atomic E-state index is 5.28. The van der Waals surface area contributed by atoms with Gasteiger partial charge < -0.3 is 9.64 Å². The summed E-state index contributed by atoms with van der Waals surface area (Å²) in [5.41, 5.74) is 3.40. The molecule has 0 bridgehead atoms. The van der Waals surface area contributed by atoms with Crippen LogP contribution in [0.3, 0.4) is 0 Å². The largest absolute Gasteiger partial charge is 0.497 e. The predicted octanol–water partition coefficient (Wildman–Crippen LogP) is 4.51. The normalized spacial score (nSPS) is 13.4.